The molecule has 11 nitrogen and oxygen atoms in total. The molecule has 3 rings (SSSR count). The Hall–Kier alpha value is -3.24. The molecule has 0 saturated heterocycles. The highest BCUT2D eigenvalue weighted by atomic mass is 16.4. The number of rotatable bonds is 4. The number of nitrogens with zero attached hydrogens (tertiary/aromatic N) is 6. The molecule has 11 heteroatoms. The number of hydrogen-bond acceptors (Lipinski definition) is 7. The van der Waals surface area contributed by atoms with Crippen molar-refractivity contribution in [2.45, 2.75) is 13.1 Å². The van der Waals surface area contributed by atoms with Crippen LogP contribution in [0.2, 0.25) is 0 Å². The average molecular weight is 319 g/mol. The molecule has 0 saturated carbocycles. The molecule has 0 aliphatic rings. The summed E-state index contributed by atoms with van der Waals surface area (Å²) in [5, 5.41) is 9.72. The monoisotopic (exact) mass is 319 g/mol. The van der Waals surface area contributed by atoms with Crippen LogP contribution in [-0.2, 0) is 32.0 Å². The second-order valence-electron chi connectivity index (χ2n) is 4.86. The minimum Gasteiger partial charge on any atom is -0.426 e. The fourth-order valence-electron chi connectivity index (χ4n) is 2.17. The van der Waals surface area contributed by atoms with Crippen LogP contribution in [0.5, 0.6) is 0 Å². The van der Waals surface area contributed by atoms with Crippen LogP contribution in [-0.4, -0.2) is 34.8 Å². The molecule has 1 amide bonds. The zero-order valence-electron chi connectivity index (χ0n) is 12.4. The molecule has 0 aromatic carbocycles. The number of aromatic nitrogens is 6. The number of imidazole rings is 1. The maximum Gasteiger partial charge on any atom is 0.332 e. The summed E-state index contributed by atoms with van der Waals surface area (Å²) < 4.78 is 8.52. The molecule has 0 aliphatic carbocycles. The molecule has 0 unspecified atom stereocenters. The second kappa shape index (κ2) is 5.51. The number of fused-ring (bicyclic) bond motifs is 1. The maximum absolute atomic E-state index is 12.2. The summed E-state index contributed by atoms with van der Waals surface area (Å²) in [6.07, 6.45) is 2.51. The summed E-state index contributed by atoms with van der Waals surface area (Å²) >= 11 is 0. The van der Waals surface area contributed by atoms with E-state index in [0.717, 1.165) is 11.0 Å². The van der Waals surface area contributed by atoms with Gasteiger partial charge >= 0.3 is 5.69 Å². The molecular formula is C12H13N7O4. The summed E-state index contributed by atoms with van der Waals surface area (Å²) in [7, 11) is 2.88. The Balaban J connectivity index is 1.88. The zero-order chi connectivity index (χ0) is 16.6. The third kappa shape index (κ3) is 2.52. The van der Waals surface area contributed by atoms with E-state index in [-0.39, 0.29) is 36.1 Å². The lowest BCUT2D eigenvalue weighted by atomic mass is 10.4. The van der Waals surface area contributed by atoms with Gasteiger partial charge in [-0.3, -0.25) is 18.7 Å². The van der Waals surface area contributed by atoms with E-state index in [0.29, 0.717) is 0 Å². The average Bonchev–Trinajstić information content (AvgIpc) is 3.18. The van der Waals surface area contributed by atoms with Gasteiger partial charge in [-0.1, -0.05) is 0 Å². The van der Waals surface area contributed by atoms with Gasteiger partial charge in [0.2, 0.25) is 18.2 Å². The first-order valence-corrected chi connectivity index (χ1v) is 6.61. The van der Waals surface area contributed by atoms with Crippen molar-refractivity contribution in [1.29, 1.82) is 0 Å². The van der Waals surface area contributed by atoms with E-state index in [9.17, 15) is 14.4 Å². The molecule has 23 heavy (non-hydrogen) atoms. The number of carbonyl (C=O) groups excluding carboxylic acids is 1. The Morgan fingerprint density at radius 3 is 2.78 bits per heavy atom. The van der Waals surface area contributed by atoms with E-state index in [1.807, 2.05) is 0 Å². The normalized spacial score (nSPS) is 11.0. The third-order valence-electron chi connectivity index (χ3n) is 3.37. The minimum absolute atomic E-state index is 0.0853. The van der Waals surface area contributed by atoms with Crippen molar-refractivity contribution in [3.05, 3.63) is 39.4 Å². The first-order chi connectivity index (χ1) is 11.0. The molecule has 0 fully saturated rings. The zero-order valence-corrected chi connectivity index (χ0v) is 12.4. The fourth-order valence-corrected chi connectivity index (χ4v) is 2.17. The number of aryl methyl sites for hydroxylation is 1. The summed E-state index contributed by atoms with van der Waals surface area (Å²) in [5.74, 6) is -0.0921. The second-order valence-corrected chi connectivity index (χ2v) is 4.86. The Labute approximate surface area is 128 Å². The Bertz CT molecular complexity index is 979. The molecule has 3 aromatic heterocycles. The summed E-state index contributed by atoms with van der Waals surface area (Å²) in [6, 6.07) is 0. The van der Waals surface area contributed by atoms with Crippen molar-refractivity contribution in [2.75, 3.05) is 0 Å². The van der Waals surface area contributed by atoms with E-state index >= 15 is 0 Å². The van der Waals surface area contributed by atoms with Gasteiger partial charge in [-0.2, -0.15) is 0 Å². The summed E-state index contributed by atoms with van der Waals surface area (Å²) in [6.45, 7) is -0.0416. The number of carbonyl (C=O) groups is 1. The molecule has 0 spiro atoms. The van der Waals surface area contributed by atoms with Crippen molar-refractivity contribution in [2.24, 2.45) is 14.1 Å². The van der Waals surface area contributed by atoms with E-state index in [2.05, 4.69) is 20.5 Å². The van der Waals surface area contributed by atoms with Crippen molar-refractivity contribution >= 4 is 17.1 Å². The van der Waals surface area contributed by atoms with Gasteiger partial charge in [0.15, 0.2) is 11.2 Å². The largest absolute Gasteiger partial charge is 0.426 e. The van der Waals surface area contributed by atoms with Crippen LogP contribution in [0.15, 0.2) is 26.7 Å². The highest BCUT2D eigenvalue weighted by Crippen LogP contribution is 2.05. The van der Waals surface area contributed by atoms with Crippen LogP contribution in [0.1, 0.15) is 5.89 Å². The van der Waals surface area contributed by atoms with Gasteiger partial charge in [0.05, 0.1) is 12.9 Å². The van der Waals surface area contributed by atoms with Crippen LogP contribution in [0.3, 0.4) is 0 Å². The van der Waals surface area contributed by atoms with Gasteiger partial charge in [-0.15, -0.1) is 10.2 Å². The quantitative estimate of drug-likeness (QED) is 0.596. The standard InChI is InChI=1S/C12H13N7O4/c1-17-10-9(11(21)18(2)12(17)22)19(5-14-10)4-7(20)13-3-8-16-15-6-23-8/h5-6H,3-4H2,1-2H3,(H,13,20). The van der Waals surface area contributed by atoms with Gasteiger partial charge < -0.3 is 14.3 Å². The molecule has 0 atom stereocenters. The number of hydrogen-bond donors (Lipinski definition) is 1. The molecule has 1 N–H and O–H groups in total. The van der Waals surface area contributed by atoms with Crippen molar-refractivity contribution in [1.82, 2.24) is 34.2 Å². The Morgan fingerprint density at radius 2 is 2.09 bits per heavy atom. The highest BCUT2D eigenvalue weighted by Gasteiger charge is 2.16. The van der Waals surface area contributed by atoms with E-state index < -0.39 is 11.2 Å². The minimum atomic E-state index is -0.509. The van der Waals surface area contributed by atoms with Crippen molar-refractivity contribution in [3.63, 3.8) is 0 Å². The topological polar surface area (TPSA) is 130 Å². The van der Waals surface area contributed by atoms with Crippen molar-refractivity contribution < 1.29 is 9.21 Å². The SMILES string of the molecule is Cn1c(=O)c2c(ncn2CC(=O)NCc2nnco2)n(C)c1=O. The van der Waals surface area contributed by atoms with Gasteiger partial charge in [0.25, 0.3) is 5.56 Å². The lowest BCUT2D eigenvalue weighted by molar-refractivity contribution is -0.121. The summed E-state index contributed by atoms with van der Waals surface area (Å²) in [5.41, 5.74) is -0.579. The van der Waals surface area contributed by atoms with Crippen LogP contribution in [0.4, 0.5) is 0 Å². The van der Waals surface area contributed by atoms with Gasteiger partial charge in [-0.25, -0.2) is 9.78 Å². The molecule has 0 aliphatic heterocycles. The predicted molar refractivity (Wildman–Crippen MR) is 76.4 cm³/mol. The first-order valence-electron chi connectivity index (χ1n) is 6.61. The van der Waals surface area contributed by atoms with Crippen LogP contribution >= 0.6 is 0 Å². The smallest absolute Gasteiger partial charge is 0.332 e. The Kier molecular flexibility index (Phi) is 3.52. The maximum atomic E-state index is 12.2. The summed E-state index contributed by atoms with van der Waals surface area (Å²) in [4.78, 5) is 40.1. The van der Waals surface area contributed by atoms with Gasteiger partial charge in [0, 0.05) is 14.1 Å². The number of nitrogens with one attached hydrogen (secondary N) is 1. The molecule has 3 heterocycles. The van der Waals surface area contributed by atoms with E-state index in [4.69, 9.17) is 4.42 Å². The van der Waals surface area contributed by atoms with Crippen LogP contribution in [0, 0.1) is 0 Å². The van der Waals surface area contributed by atoms with Crippen LogP contribution in [0.25, 0.3) is 11.2 Å². The number of amides is 1. The molecular weight excluding hydrogens is 306 g/mol. The highest BCUT2D eigenvalue weighted by molar-refractivity contribution is 5.78. The fraction of sp³-hybridized carbons (Fsp3) is 0.333. The molecule has 3 aromatic rings. The third-order valence-corrected chi connectivity index (χ3v) is 3.37. The molecule has 0 radical (unpaired) electrons. The van der Waals surface area contributed by atoms with E-state index in [1.165, 1.54) is 29.6 Å². The van der Waals surface area contributed by atoms with Gasteiger partial charge in [-0.05, 0) is 0 Å². The molecule has 120 valence electrons. The van der Waals surface area contributed by atoms with Gasteiger partial charge in [0.1, 0.15) is 6.54 Å². The first kappa shape index (κ1) is 14.7. The lowest BCUT2D eigenvalue weighted by Crippen LogP contribution is -2.38. The van der Waals surface area contributed by atoms with Crippen LogP contribution < -0.4 is 16.6 Å². The molecule has 0 bridgehead atoms. The lowest BCUT2D eigenvalue weighted by Gasteiger charge is -2.06. The predicted octanol–water partition coefficient (Wildman–Crippen LogP) is -1.87. The Morgan fingerprint density at radius 1 is 1.30 bits per heavy atom. The van der Waals surface area contributed by atoms with Crippen molar-refractivity contribution in [3.8, 4) is 0 Å². The van der Waals surface area contributed by atoms with E-state index in [1.54, 1.807) is 0 Å².